The number of thiazole rings is 1. The van der Waals surface area contributed by atoms with Gasteiger partial charge in [-0.15, -0.1) is 0 Å². The van der Waals surface area contributed by atoms with Gasteiger partial charge in [0.05, 0.1) is 17.4 Å². The average molecular weight is 489 g/mol. The molecular weight excluding hydrogens is 464 g/mol. The van der Waals surface area contributed by atoms with Gasteiger partial charge in [-0.05, 0) is 44.7 Å². The van der Waals surface area contributed by atoms with Gasteiger partial charge >= 0.3 is 0 Å². The number of nitrogens with zero attached hydrogens (tertiary/aromatic N) is 6. The van der Waals surface area contributed by atoms with Crippen LogP contribution in [0.15, 0.2) is 29.5 Å². The number of H-pyrrole nitrogens is 1. The quantitative estimate of drug-likeness (QED) is 0.376. The molecule has 0 aliphatic heterocycles. The summed E-state index contributed by atoms with van der Waals surface area (Å²) < 4.78 is 4.52. The minimum Gasteiger partial charge on any atom is -0.333 e. The molecule has 0 atom stereocenters. The smallest absolute Gasteiger partial charge is 0.271 e. The van der Waals surface area contributed by atoms with Crippen LogP contribution in [0.3, 0.4) is 0 Å². The molecule has 0 spiro atoms. The van der Waals surface area contributed by atoms with Crippen molar-refractivity contribution in [2.24, 2.45) is 7.05 Å². The number of imidazole rings is 1. The first-order valence-electron chi connectivity index (χ1n) is 12.0. The molecule has 11 heteroatoms. The van der Waals surface area contributed by atoms with E-state index in [1.807, 2.05) is 29.2 Å². The van der Waals surface area contributed by atoms with Gasteiger partial charge in [-0.3, -0.25) is 9.59 Å². The molecule has 5 aromatic heterocycles. The van der Waals surface area contributed by atoms with Crippen LogP contribution >= 0.6 is 11.3 Å². The molecule has 2 aliphatic rings. The Kier molecular flexibility index (Phi) is 4.35. The summed E-state index contributed by atoms with van der Waals surface area (Å²) in [6.45, 7) is 2.66. The van der Waals surface area contributed by atoms with Gasteiger partial charge in [0, 0.05) is 37.3 Å². The summed E-state index contributed by atoms with van der Waals surface area (Å²) in [5.41, 5.74) is 3.48. The van der Waals surface area contributed by atoms with Crippen LogP contribution in [0.4, 0.5) is 10.9 Å². The number of hydrogen-bond donors (Lipinski definition) is 2. The van der Waals surface area contributed by atoms with Gasteiger partial charge in [0.25, 0.3) is 11.5 Å². The Balaban J connectivity index is 1.39. The van der Waals surface area contributed by atoms with E-state index in [2.05, 4.69) is 25.2 Å². The number of aromatic nitrogens is 6. The monoisotopic (exact) mass is 488 g/mol. The molecule has 2 N–H and O–H groups in total. The second-order valence-corrected chi connectivity index (χ2v) is 10.4. The topological polar surface area (TPSA) is 114 Å². The third-order valence-corrected chi connectivity index (χ3v) is 7.88. The van der Waals surface area contributed by atoms with Gasteiger partial charge < -0.3 is 24.3 Å². The highest BCUT2D eigenvalue weighted by Crippen LogP contribution is 2.40. The Morgan fingerprint density at radius 1 is 1.26 bits per heavy atom. The number of rotatable bonds is 6. The Morgan fingerprint density at radius 3 is 2.71 bits per heavy atom. The van der Waals surface area contributed by atoms with Crippen LogP contribution in [-0.4, -0.2) is 52.0 Å². The molecule has 0 radical (unpaired) electrons. The van der Waals surface area contributed by atoms with Crippen LogP contribution < -0.4 is 10.9 Å². The van der Waals surface area contributed by atoms with Gasteiger partial charge in [0.1, 0.15) is 21.6 Å². The van der Waals surface area contributed by atoms with Crippen molar-refractivity contribution in [1.82, 2.24) is 34.0 Å². The van der Waals surface area contributed by atoms with Crippen LogP contribution in [0.2, 0.25) is 0 Å². The van der Waals surface area contributed by atoms with E-state index in [9.17, 15) is 9.59 Å². The predicted octanol–water partition coefficient (Wildman–Crippen LogP) is 3.75. The summed E-state index contributed by atoms with van der Waals surface area (Å²) >= 11 is 1.28. The van der Waals surface area contributed by atoms with E-state index in [4.69, 9.17) is 4.98 Å². The molecule has 0 aromatic carbocycles. The molecule has 178 valence electrons. The van der Waals surface area contributed by atoms with E-state index < -0.39 is 0 Å². The predicted molar refractivity (Wildman–Crippen MR) is 135 cm³/mol. The highest BCUT2D eigenvalue weighted by atomic mass is 32.1. The summed E-state index contributed by atoms with van der Waals surface area (Å²) in [6.07, 6.45) is 7.73. The number of hydrogen-bond acceptors (Lipinski definition) is 7. The Labute approximate surface area is 203 Å². The summed E-state index contributed by atoms with van der Waals surface area (Å²) in [4.78, 5) is 44.8. The minimum absolute atomic E-state index is 0.102. The van der Waals surface area contributed by atoms with Crippen molar-refractivity contribution < 1.29 is 4.79 Å². The highest BCUT2D eigenvalue weighted by molar-refractivity contribution is 7.22. The van der Waals surface area contributed by atoms with Crippen LogP contribution in [0.1, 0.15) is 43.1 Å². The zero-order valence-electron chi connectivity index (χ0n) is 19.4. The molecule has 2 fully saturated rings. The van der Waals surface area contributed by atoms with Crippen molar-refractivity contribution in [1.29, 1.82) is 0 Å². The van der Waals surface area contributed by atoms with E-state index in [-0.39, 0.29) is 11.5 Å². The van der Waals surface area contributed by atoms with Gasteiger partial charge in [0.2, 0.25) is 0 Å². The number of aryl methyl sites for hydroxylation is 2. The summed E-state index contributed by atoms with van der Waals surface area (Å²) in [5, 5.41) is 4.77. The number of anilines is 2. The van der Waals surface area contributed by atoms with Crippen LogP contribution in [0, 0.1) is 0 Å². The molecule has 5 heterocycles. The molecule has 7 rings (SSSR count). The van der Waals surface area contributed by atoms with Gasteiger partial charge in [-0.2, -0.15) is 0 Å². The lowest BCUT2D eigenvalue weighted by atomic mass is 10.2. The molecule has 2 saturated carbocycles. The van der Waals surface area contributed by atoms with E-state index in [0.717, 1.165) is 42.2 Å². The number of fused-ring (bicyclic) bond motifs is 4. The van der Waals surface area contributed by atoms with Crippen molar-refractivity contribution in [3.8, 4) is 0 Å². The first kappa shape index (κ1) is 20.6. The minimum atomic E-state index is -0.168. The van der Waals surface area contributed by atoms with E-state index in [1.54, 1.807) is 18.6 Å². The van der Waals surface area contributed by atoms with Crippen LogP contribution in [0.25, 0.3) is 32.3 Å². The number of amides is 1. The first-order valence-corrected chi connectivity index (χ1v) is 12.8. The fourth-order valence-electron chi connectivity index (χ4n) is 4.99. The molecule has 2 aliphatic carbocycles. The second kappa shape index (κ2) is 7.38. The maximum absolute atomic E-state index is 13.7. The number of carbonyl (C=O) groups excluding carboxylic acids is 1. The number of pyridine rings is 2. The van der Waals surface area contributed by atoms with E-state index in [1.165, 1.54) is 11.3 Å². The molecule has 0 saturated heterocycles. The fraction of sp³-hybridized carbons (Fsp3) is 0.375. The van der Waals surface area contributed by atoms with Crippen molar-refractivity contribution in [3.05, 3.63) is 40.7 Å². The van der Waals surface area contributed by atoms with Crippen molar-refractivity contribution in [2.45, 2.75) is 51.2 Å². The maximum Gasteiger partial charge on any atom is 0.271 e. The number of nitrogens with one attached hydrogen (secondary N) is 2. The molecule has 1 amide bonds. The first-order chi connectivity index (χ1) is 17.0. The molecule has 0 bridgehead atoms. The SMILES string of the molecule is CCn1c(C(=O)N(C2CC2)C2CC2)cc2c3c(ncn3C)c(Nc3nc4cc[nH]c(=O)c4s3)nc21. The standard InChI is InChI=1S/C24H24N8O2S/c1-3-31-16(23(34)32(12-4-5-12)13-6-7-13)10-14-18-17(26-11-30(18)2)20(28-21(14)31)29-24-27-15-8-9-25-22(33)19(15)35-24/h8-13H,3-7H2,1-2H3,(H,25,33)(H,27,28,29). The molecule has 0 unspecified atom stereocenters. The Hall–Kier alpha value is -3.73. The zero-order valence-corrected chi connectivity index (χ0v) is 20.2. The van der Waals surface area contributed by atoms with Crippen LogP contribution in [0.5, 0.6) is 0 Å². The highest BCUT2D eigenvalue weighted by Gasteiger charge is 2.43. The molecular formula is C24H24N8O2S. The summed E-state index contributed by atoms with van der Waals surface area (Å²) in [5.74, 6) is 0.654. The average Bonchev–Trinajstić information content (AvgIpc) is 3.75. The maximum atomic E-state index is 13.7. The Bertz CT molecular complexity index is 1690. The largest absolute Gasteiger partial charge is 0.333 e. The van der Waals surface area contributed by atoms with Gasteiger partial charge in [-0.1, -0.05) is 11.3 Å². The molecule has 10 nitrogen and oxygen atoms in total. The lowest BCUT2D eigenvalue weighted by Crippen LogP contribution is -2.36. The van der Waals surface area contributed by atoms with E-state index in [0.29, 0.717) is 51.0 Å². The zero-order chi connectivity index (χ0) is 23.8. The van der Waals surface area contributed by atoms with Crippen LogP contribution in [-0.2, 0) is 13.6 Å². The van der Waals surface area contributed by atoms with Crippen molar-refractivity contribution >= 4 is 60.5 Å². The second-order valence-electron chi connectivity index (χ2n) is 9.36. The van der Waals surface area contributed by atoms with Crippen molar-refractivity contribution in [3.63, 3.8) is 0 Å². The number of carbonyl (C=O) groups is 1. The lowest BCUT2D eigenvalue weighted by molar-refractivity contribution is 0.0719. The van der Waals surface area contributed by atoms with Crippen molar-refractivity contribution in [2.75, 3.05) is 5.32 Å². The molecule has 5 aromatic rings. The normalized spacial score (nSPS) is 15.9. The third-order valence-electron chi connectivity index (χ3n) is 6.89. The Morgan fingerprint density at radius 2 is 2.03 bits per heavy atom. The lowest BCUT2D eigenvalue weighted by Gasteiger charge is -2.22. The van der Waals surface area contributed by atoms with Gasteiger partial charge in [-0.25, -0.2) is 15.0 Å². The summed E-state index contributed by atoms with van der Waals surface area (Å²) in [6, 6.07) is 4.51. The number of aromatic amines is 1. The summed E-state index contributed by atoms with van der Waals surface area (Å²) in [7, 11) is 1.95. The van der Waals surface area contributed by atoms with E-state index >= 15 is 0 Å². The van der Waals surface area contributed by atoms with Gasteiger partial charge in [0.15, 0.2) is 10.9 Å². The third kappa shape index (κ3) is 3.18. The molecule has 35 heavy (non-hydrogen) atoms. The fourth-order valence-corrected chi connectivity index (χ4v) is 5.84.